The van der Waals surface area contributed by atoms with E-state index in [4.69, 9.17) is 11.6 Å². The average Bonchev–Trinajstić information content (AvgIpc) is 1.97. The molecule has 0 N–H and O–H groups in total. The van der Waals surface area contributed by atoms with Crippen molar-refractivity contribution in [2.75, 3.05) is 19.0 Å². The largest absolute Gasteiger partial charge is 0.341 e. The van der Waals surface area contributed by atoms with Crippen molar-refractivity contribution in [3.8, 4) is 0 Å². The number of halogens is 1. The summed E-state index contributed by atoms with van der Waals surface area (Å²) >= 11 is 5.58. The molecule has 0 aromatic rings. The van der Waals surface area contributed by atoms with E-state index in [9.17, 15) is 4.79 Å². The van der Waals surface area contributed by atoms with Gasteiger partial charge in [0.1, 0.15) is 0 Å². The van der Waals surface area contributed by atoms with Gasteiger partial charge in [-0.1, -0.05) is 20.8 Å². The molecular weight excluding hydrogens is 174 g/mol. The van der Waals surface area contributed by atoms with Gasteiger partial charge in [0.25, 0.3) is 0 Å². The Hall–Kier alpha value is -0.240. The number of rotatable bonds is 3. The third-order valence-electron chi connectivity index (χ3n) is 1.66. The van der Waals surface area contributed by atoms with Crippen LogP contribution in [-0.4, -0.2) is 29.8 Å². The Morgan fingerprint density at radius 2 is 1.92 bits per heavy atom. The molecule has 0 saturated heterocycles. The Balaban J connectivity index is 4.22. The lowest BCUT2D eigenvalue weighted by Gasteiger charge is -2.27. The van der Waals surface area contributed by atoms with Gasteiger partial charge in [-0.3, -0.25) is 4.79 Å². The first kappa shape index (κ1) is 11.8. The third kappa shape index (κ3) is 3.44. The monoisotopic (exact) mass is 191 g/mol. The summed E-state index contributed by atoms with van der Waals surface area (Å²) < 4.78 is 0. The van der Waals surface area contributed by atoms with Gasteiger partial charge < -0.3 is 4.90 Å². The van der Waals surface area contributed by atoms with Crippen LogP contribution < -0.4 is 0 Å². The molecule has 0 fully saturated rings. The second-order valence-corrected chi connectivity index (χ2v) is 4.20. The molecule has 0 rings (SSSR count). The van der Waals surface area contributed by atoms with Crippen molar-refractivity contribution in [3.63, 3.8) is 0 Å². The van der Waals surface area contributed by atoms with Crippen molar-refractivity contribution in [1.29, 1.82) is 0 Å². The summed E-state index contributed by atoms with van der Waals surface area (Å²) in [6, 6.07) is 0. The van der Waals surface area contributed by atoms with Crippen molar-refractivity contribution in [2.24, 2.45) is 5.41 Å². The van der Waals surface area contributed by atoms with Gasteiger partial charge in [0.05, 0.1) is 0 Å². The van der Waals surface area contributed by atoms with E-state index in [1.165, 1.54) is 0 Å². The van der Waals surface area contributed by atoms with E-state index < -0.39 is 0 Å². The molecule has 0 aromatic carbocycles. The van der Waals surface area contributed by atoms with Crippen LogP contribution in [0.15, 0.2) is 0 Å². The quantitative estimate of drug-likeness (QED) is 0.626. The van der Waals surface area contributed by atoms with Crippen LogP contribution in [0.3, 0.4) is 0 Å². The predicted octanol–water partition coefficient (Wildman–Crippen LogP) is 2.12. The Morgan fingerprint density at radius 3 is 2.17 bits per heavy atom. The van der Waals surface area contributed by atoms with Gasteiger partial charge >= 0.3 is 0 Å². The van der Waals surface area contributed by atoms with E-state index >= 15 is 0 Å². The summed E-state index contributed by atoms with van der Waals surface area (Å²) in [6.45, 7) is 9.12. The standard InChI is InChI=1S/C9H18ClNO/c1-5-11(7-6-10)8(12)9(2,3)4/h5-7H2,1-4H3. The van der Waals surface area contributed by atoms with Gasteiger partial charge in [0.2, 0.25) is 5.91 Å². The van der Waals surface area contributed by atoms with Crippen LogP contribution in [0.2, 0.25) is 0 Å². The SMILES string of the molecule is CCN(CCCl)C(=O)C(C)(C)C. The molecule has 0 heterocycles. The van der Waals surface area contributed by atoms with Crippen molar-refractivity contribution < 1.29 is 4.79 Å². The number of hydrogen-bond acceptors (Lipinski definition) is 1. The van der Waals surface area contributed by atoms with Gasteiger partial charge in [-0.2, -0.15) is 0 Å². The highest BCUT2D eigenvalue weighted by atomic mass is 35.5. The number of amides is 1. The van der Waals surface area contributed by atoms with Crippen LogP contribution in [0.5, 0.6) is 0 Å². The van der Waals surface area contributed by atoms with Gasteiger partial charge in [-0.15, -0.1) is 11.6 Å². The summed E-state index contributed by atoms with van der Waals surface area (Å²) in [5.74, 6) is 0.681. The molecule has 0 aliphatic carbocycles. The summed E-state index contributed by atoms with van der Waals surface area (Å²) in [7, 11) is 0. The molecule has 2 nitrogen and oxygen atoms in total. The number of nitrogens with zero attached hydrogens (tertiary/aromatic N) is 1. The van der Waals surface area contributed by atoms with Gasteiger partial charge in [0, 0.05) is 24.4 Å². The fourth-order valence-electron chi connectivity index (χ4n) is 0.980. The highest BCUT2D eigenvalue weighted by Gasteiger charge is 2.25. The van der Waals surface area contributed by atoms with Crippen molar-refractivity contribution in [1.82, 2.24) is 4.90 Å². The molecule has 0 aromatic heterocycles. The van der Waals surface area contributed by atoms with Crippen molar-refractivity contribution in [2.45, 2.75) is 27.7 Å². The van der Waals surface area contributed by atoms with Crippen LogP contribution in [0.4, 0.5) is 0 Å². The van der Waals surface area contributed by atoms with Gasteiger partial charge in [-0.25, -0.2) is 0 Å². The molecule has 0 bridgehead atoms. The summed E-state index contributed by atoms with van der Waals surface area (Å²) in [6.07, 6.45) is 0. The molecule has 0 radical (unpaired) electrons. The van der Waals surface area contributed by atoms with Crippen molar-refractivity contribution >= 4 is 17.5 Å². The molecular formula is C9H18ClNO. The van der Waals surface area contributed by atoms with Gasteiger partial charge in [-0.05, 0) is 6.92 Å². The first-order valence-corrected chi connectivity index (χ1v) is 4.82. The van der Waals surface area contributed by atoms with Crippen LogP contribution in [0.25, 0.3) is 0 Å². The molecule has 0 aliphatic rings. The summed E-state index contributed by atoms with van der Waals surface area (Å²) in [4.78, 5) is 13.4. The minimum atomic E-state index is -0.290. The van der Waals surface area contributed by atoms with E-state index in [2.05, 4.69) is 0 Å². The molecule has 0 atom stereocenters. The zero-order chi connectivity index (χ0) is 9.78. The second kappa shape index (κ2) is 4.70. The first-order valence-electron chi connectivity index (χ1n) is 4.28. The predicted molar refractivity (Wildman–Crippen MR) is 52.4 cm³/mol. The van der Waals surface area contributed by atoms with Crippen LogP contribution >= 0.6 is 11.6 Å². The number of hydrogen-bond donors (Lipinski definition) is 0. The molecule has 0 aliphatic heterocycles. The minimum Gasteiger partial charge on any atom is -0.341 e. The molecule has 0 unspecified atom stereocenters. The lowest BCUT2D eigenvalue weighted by Crippen LogP contribution is -2.40. The normalized spacial score (nSPS) is 11.4. The topological polar surface area (TPSA) is 20.3 Å². The Morgan fingerprint density at radius 1 is 1.42 bits per heavy atom. The molecule has 3 heteroatoms. The zero-order valence-electron chi connectivity index (χ0n) is 8.35. The fraction of sp³-hybridized carbons (Fsp3) is 0.889. The number of carbonyl (C=O) groups excluding carboxylic acids is 1. The van der Waals surface area contributed by atoms with E-state index in [1.807, 2.05) is 27.7 Å². The Kier molecular flexibility index (Phi) is 4.61. The van der Waals surface area contributed by atoms with Crippen LogP contribution in [0, 0.1) is 5.41 Å². The van der Waals surface area contributed by atoms with Crippen LogP contribution in [-0.2, 0) is 4.79 Å². The molecule has 0 saturated carbocycles. The highest BCUT2D eigenvalue weighted by Crippen LogP contribution is 2.16. The third-order valence-corrected chi connectivity index (χ3v) is 1.83. The van der Waals surface area contributed by atoms with Crippen LogP contribution in [0.1, 0.15) is 27.7 Å². The van der Waals surface area contributed by atoms with E-state index in [0.717, 1.165) is 6.54 Å². The lowest BCUT2D eigenvalue weighted by molar-refractivity contribution is -0.138. The smallest absolute Gasteiger partial charge is 0.227 e. The minimum absolute atomic E-state index is 0.172. The average molecular weight is 192 g/mol. The maximum Gasteiger partial charge on any atom is 0.227 e. The Labute approximate surface area is 79.9 Å². The van der Waals surface area contributed by atoms with Gasteiger partial charge in [0.15, 0.2) is 0 Å². The summed E-state index contributed by atoms with van der Waals surface area (Å²) in [5.41, 5.74) is -0.290. The lowest BCUT2D eigenvalue weighted by atomic mass is 9.95. The summed E-state index contributed by atoms with van der Waals surface area (Å²) in [5, 5.41) is 0. The number of carbonyl (C=O) groups is 1. The maximum absolute atomic E-state index is 11.7. The molecule has 0 spiro atoms. The first-order chi connectivity index (χ1) is 5.43. The van der Waals surface area contributed by atoms with E-state index in [-0.39, 0.29) is 11.3 Å². The van der Waals surface area contributed by atoms with E-state index in [0.29, 0.717) is 12.4 Å². The molecule has 12 heavy (non-hydrogen) atoms. The maximum atomic E-state index is 11.7. The van der Waals surface area contributed by atoms with Crippen molar-refractivity contribution in [3.05, 3.63) is 0 Å². The van der Waals surface area contributed by atoms with E-state index in [1.54, 1.807) is 4.90 Å². The molecule has 1 amide bonds. The molecule has 72 valence electrons. The Bertz CT molecular complexity index is 151. The zero-order valence-corrected chi connectivity index (χ0v) is 9.11. The fourth-order valence-corrected chi connectivity index (χ4v) is 1.18. The highest BCUT2D eigenvalue weighted by molar-refractivity contribution is 6.18. The number of alkyl halides is 1. The second-order valence-electron chi connectivity index (χ2n) is 3.82.